The maximum Gasteiger partial charge on any atom is 0.335 e. The van der Waals surface area contributed by atoms with Gasteiger partial charge >= 0.3 is 7.60 Å². The number of hydrogen-bond acceptors (Lipinski definition) is 2. The van der Waals surface area contributed by atoms with Crippen molar-refractivity contribution in [3.05, 3.63) is 34.3 Å². The Hall–Kier alpha value is -0.480. The smallest absolute Gasteiger partial charge is 0.324 e. The molecular formula is C15H22BrO4P. The molecule has 1 atom stereocenters. The Labute approximate surface area is 134 Å². The van der Waals surface area contributed by atoms with Gasteiger partial charge in [-0.3, -0.25) is 9.36 Å². The van der Waals surface area contributed by atoms with Crippen molar-refractivity contribution in [3.63, 3.8) is 0 Å². The van der Waals surface area contributed by atoms with Gasteiger partial charge in [-0.05, 0) is 43.9 Å². The van der Waals surface area contributed by atoms with E-state index in [-0.39, 0.29) is 6.42 Å². The first-order valence-electron chi connectivity index (χ1n) is 7.11. The molecule has 0 aromatic heterocycles. The minimum absolute atomic E-state index is 0.276. The highest BCUT2D eigenvalue weighted by Gasteiger charge is 2.31. The molecule has 0 bridgehead atoms. The molecule has 0 amide bonds. The Morgan fingerprint density at radius 3 is 2.24 bits per heavy atom. The van der Waals surface area contributed by atoms with Crippen molar-refractivity contribution >= 4 is 29.3 Å². The predicted octanol–water partition coefficient (Wildman–Crippen LogP) is 4.08. The molecule has 0 radical (unpaired) electrons. The quantitative estimate of drug-likeness (QED) is 0.502. The SMILES string of the molecule is CC(=O)C(CCCCCCc1ccc(Br)cc1)P(=O)(O)O. The first kappa shape index (κ1) is 18.6. The Morgan fingerprint density at radius 1 is 1.14 bits per heavy atom. The summed E-state index contributed by atoms with van der Waals surface area (Å²) in [4.78, 5) is 29.4. The third-order valence-electron chi connectivity index (χ3n) is 3.48. The molecule has 0 aliphatic carbocycles. The number of rotatable bonds is 9. The van der Waals surface area contributed by atoms with Crippen LogP contribution in [0.4, 0.5) is 0 Å². The molecule has 1 rings (SSSR count). The van der Waals surface area contributed by atoms with Crippen LogP contribution in [0, 0.1) is 0 Å². The molecule has 4 nitrogen and oxygen atoms in total. The van der Waals surface area contributed by atoms with Crippen molar-refractivity contribution in [3.8, 4) is 0 Å². The molecule has 118 valence electrons. The molecule has 1 aromatic carbocycles. The third kappa shape index (κ3) is 7.37. The zero-order valence-electron chi connectivity index (χ0n) is 12.2. The van der Waals surface area contributed by atoms with E-state index in [9.17, 15) is 9.36 Å². The van der Waals surface area contributed by atoms with Crippen LogP contribution in [0.2, 0.25) is 0 Å². The van der Waals surface area contributed by atoms with E-state index in [1.165, 1.54) is 12.5 Å². The average molecular weight is 377 g/mol. The molecule has 0 aliphatic rings. The van der Waals surface area contributed by atoms with E-state index in [1.807, 2.05) is 12.1 Å². The second-order valence-electron chi connectivity index (χ2n) is 5.29. The van der Waals surface area contributed by atoms with Crippen molar-refractivity contribution in [1.82, 2.24) is 0 Å². The summed E-state index contributed by atoms with van der Waals surface area (Å²) in [6.45, 7) is 1.25. The number of Topliss-reactive ketones (excluding diaryl/α,β-unsaturated/α-hetero) is 1. The molecule has 0 aliphatic heterocycles. The van der Waals surface area contributed by atoms with Crippen molar-refractivity contribution in [2.75, 3.05) is 0 Å². The van der Waals surface area contributed by atoms with Gasteiger partial charge in [0.1, 0.15) is 11.4 Å². The molecule has 2 N–H and O–H groups in total. The molecule has 1 aromatic rings. The van der Waals surface area contributed by atoms with E-state index >= 15 is 0 Å². The van der Waals surface area contributed by atoms with Crippen molar-refractivity contribution < 1.29 is 19.1 Å². The minimum atomic E-state index is -4.29. The Balaban J connectivity index is 2.21. The number of unbranched alkanes of at least 4 members (excludes halogenated alkanes) is 3. The van der Waals surface area contributed by atoms with E-state index in [0.29, 0.717) is 6.42 Å². The summed E-state index contributed by atoms with van der Waals surface area (Å²) in [7, 11) is -4.29. The Bertz CT molecular complexity index is 495. The predicted molar refractivity (Wildman–Crippen MR) is 87.4 cm³/mol. The van der Waals surface area contributed by atoms with Gasteiger partial charge in [-0.1, -0.05) is 47.3 Å². The number of aryl methyl sites for hydroxylation is 1. The van der Waals surface area contributed by atoms with E-state index in [0.717, 1.165) is 30.2 Å². The molecule has 0 fully saturated rings. The first-order valence-corrected chi connectivity index (χ1v) is 9.58. The van der Waals surface area contributed by atoms with Gasteiger partial charge in [0.05, 0.1) is 0 Å². The van der Waals surface area contributed by atoms with E-state index in [4.69, 9.17) is 9.79 Å². The van der Waals surface area contributed by atoms with E-state index < -0.39 is 19.0 Å². The monoisotopic (exact) mass is 376 g/mol. The van der Waals surface area contributed by atoms with Crippen LogP contribution < -0.4 is 0 Å². The van der Waals surface area contributed by atoms with Crippen molar-refractivity contribution in [2.24, 2.45) is 0 Å². The van der Waals surface area contributed by atoms with E-state index in [2.05, 4.69) is 28.1 Å². The zero-order valence-corrected chi connectivity index (χ0v) is 14.6. The summed E-state index contributed by atoms with van der Waals surface area (Å²) in [6, 6.07) is 8.22. The lowest BCUT2D eigenvalue weighted by atomic mass is 10.0. The van der Waals surface area contributed by atoms with Gasteiger partial charge in [0.25, 0.3) is 0 Å². The fourth-order valence-corrected chi connectivity index (χ4v) is 3.54. The van der Waals surface area contributed by atoms with Gasteiger partial charge in [0, 0.05) is 4.47 Å². The number of ketones is 1. The second-order valence-corrected chi connectivity index (χ2v) is 8.01. The molecule has 0 saturated heterocycles. The lowest BCUT2D eigenvalue weighted by molar-refractivity contribution is -0.117. The fourth-order valence-electron chi connectivity index (χ4n) is 2.28. The van der Waals surface area contributed by atoms with Crippen LogP contribution in [0.1, 0.15) is 44.6 Å². The van der Waals surface area contributed by atoms with Crippen LogP contribution in [-0.2, 0) is 15.8 Å². The van der Waals surface area contributed by atoms with Gasteiger partial charge in [0.2, 0.25) is 0 Å². The molecule has 1 unspecified atom stereocenters. The highest BCUT2D eigenvalue weighted by Crippen LogP contribution is 2.44. The molecule has 0 saturated carbocycles. The summed E-state index contributed by atoms with van der Waals surface area (Å²) in [5.74, 6) is -0.418. The summed E-state index contributed by atoms with van der Waals surface area (Å²) >= 11 is 3.40. The molecule has 6 heteroatoms. The van der Waals surface area contributed by atoms with Crippen LogP contribution in [0.25, 0.3) is 0 Å². The average Bonchev–Trinajstić information content (AvgIpc) is 2.37. The van der Waals surface area contributed by atoms with Crippen LogP contribution >= 0.6 is 23.5 Å². The normalized spacial score (nSPS) is 13.1. The Morgan fingerprint density at radius 2 is 1.71 bits per heavy atom. The number of hydrogen-bond donors (Lipinski definition) is 2. The topological polar surface area (TPSA) is 74.6 Å². The maximum atomic E-state index is 11.2. The molecule has 21 heavy (non-hydrogen) atoms. The highest BCUT2D eigenvalue weighted by molar-refractivity contribution is 9.10. The lowest BCUT2D eigenvalue weighted by Crippen LogP contribution is -2.17. The van der Waals surface area contributed by atoms with Crippen LogP contribution in [-0.4, -0.2) is 21.2 Å². The summed E-state index contributed by atoms with van der Waals surface area (Å²) in [5, 5.41) is 0. The summed E-state index contributed by atoms with van der Waals surface area (Å²) < 4.78 is 12.2. The minimum Gasteiger partial charge on any atom is -0.324 e. The van der Waals surface area contributed by atoms with Crippen LogP contribution in [0.3, 0.4) is 0 Å². The zero-order chi connectivity index (χ0) is 15.9. The maximum absolute atomic E-state index is 11.2. The van der Waals surface area contributed by atoms with Gasteiger partial charge in [-0.15, -0.1) is 0 Å². The number of carbonyl (C=O) groups is 1. The molecular weight excluding hydrogens is 355 g/mol. The fraction of sp³-hybridized carbons (Fsp3) is 0.533. The summed E-state index contributed by atoms with van der Waals surface area (Å²) in [6.07, 6.45) is 4.89. The van der Waals surface area contributed by atoms with Gasteiger partial charge < -0.3 is 9.79 Å². The van der Waals surface area contributed by atoms with Crippen molar-refractivity contribution in [1.29, 1.82) is 0 Å². The van der Waals surface area contributed by atoms with Crippen molar-refractivity contribution in [2.45, 2.75) is 51.1 Å². The van der Waals surface area contributed by atoms with Crippen LogP contribution in [0.5, 0.6) is 0 Å². The number of halogens is 1. The number of benzene rings is 1. The van der Waals surface area contributed by atoms with Gasteiger partial charge in [-0.25, -0.2) is 0 Å². The first-order chi connectivity index (χ1) is 9.80. The number of carbonyl (C=O) groups excluding carboxylic acids is 1. The Kier molecular flexibility index (Phi) is 7.82. The highest BCUT2D eigenvalue weighted by atomic mass is 79.9. The van der Waals surface area contributed by atoms with Gasteiger partial charge in [0.15, 0.2) is 0 Å². The molecule has 0 heterocycles. The summed E-state index contributed by atoms with van der Waals surface area (Å²) in [5.41, 5.74) is 0.166. The second kappa shape index (κ2) is 8.84. The van der Waals surface area contributed by atoms with Gasteiger partial charge in [-0.2, -0.15) is 0 Å². The molecule has 0 spiro atoms. The third-order valence-corrected chi connectivity index (χ3v) is 5.44. The lowest BCUT2D eigenvalue weighted by Gasteiger charge is -2.14. The van der Waals surface area contributed by atoms with Crippen LogP contribution in [0.15, 0.2) is 28.7 Å². The van der Waals surface area contributed by atoms with E-state index in [1.54, 1.807) is 0 Å². The standard InChI is InChI=1S/C15H22BrO4P/c1-12(17)15(21(18,19)20)7-5-3-2-4-6-13-8-10-14(16)11-9-13/h8-11,15H,2-7H2,1H3,(H2,18,19,20). The largest absolute Gasteiger partial charge is 0.335 e.